The summed E-state index contributed by atoms with van der Waals surface area (Å²) in [5, 5.41) is 12.5. The second kappa shape index (κ2) is 2.72. The standard InChI is InChI=1S/C7H10N4/c1-7(9,5-8)6-11-4-2-3-10-11/h2-4H,6,9H2,1H3. The van der Waals surface area contributed by atoms with Crippen LogP contribution in [0.1, 0.15) is 6.92 Å². The molecular formula is C7H10N4. The first-order chi connectivity index (χ1) is 5.14. The van der Waals surface area contributed by atoms with Crippen molar-refractivity contribution >= 4 is 0 Å². The molecule has 0 aromatic carbocycles. The fraction of sp³-hybridized carbons (Fsp3) is 0.429. The van der Waals surface area contributed by atoms with E-state index in [9.17, 15) is 0 Å². The molecule has 1 atom stereocenters. The van der Waals surface area contributed by atoms with E-state index < -0.39 is 5.54 Å². The Bertz CT molecular complexity index is 254. The predicted molar refractivity (Wildman–Crippen MR) is 40.4 cm³/mol. The highest BCUT2D eigenvalue weighted by molar-refractivity contribution is 5.01. The summed E-state index contributed by atoms with van der Waals surface area (Å²) in [6.07, 6.45) is 3.44. The van der Waals surface area contributed by atoms with E-state index in [-0.39, 0.29) is 0 Å². The number of rotatable bonds is 2. The number of hydrogen-bond acceptors (Lipinski definition) is 3. The predicted octanol–water partition coefficient (Wildman–Crippen LogP) is 0.124. The van der Waals surface area contributed by atoms with Crippen LogP contribution in [-0.4, -0.2) is 15.3 Å². The SMILES string of the molecule is CC(N)(C#N)Cn1cccn1. The first-order valence-corrected chi connectivity index (χ1v) is 3.32. The summed E-state index contributed by atoms with van der Waals surface area (Å²) in [5.74, 6) is 0. The van der Waals surface area contributed by atoms with E-state index in [1.807, 2.05) is 6.07 Å². The summed E-state index contributed by atoms with van der Waals surface area (Å²) in [4.78, 5) is 0. The molecular weight excluding hydrogens is 140 g/mol. The smallest absolute Gasteiger partial charge is 0.121 e. The van der Waals surface area contributed by atoms with Crippen molar-refractivity contribution in [2.75, 3.05) is 0 Å². The fourth-order valence-corrected chi connectivity index (χ4v) is 0.766. The normalized spacial score (nSPS) is 15.4. The van der Waals surface area contributed by atoms with Crippen molar-refractivity contribution in [2.45, 2.75) is 19.0 Å². The van der Waals surface area contributed by atoms with E-state index in [0.29, 0.717) is 6.54 Å². The van der Waals surface area contributed by atoms with Crippen LogP contribution >= 0.6 is 0 Å². The van der Waals surface area contributed by atoms with E-state index in [4.69, 9.17) is 11.0 Å². The third-order valence-corrected chi connectivity index (χ3v) is 1.31. The Morgan fingerprint density at radius 1 is 1.82 bits per heavy atom. The minimum absolute atomic E-state index is 0.427. The van der Waals surface area contributed by atoms with Gasteiger partial charge >= 0.3 is 0 Å². The van der Waals surface area contributed by atoms with Gasteiger partial charge in [0, 0.05) is 12.4 Å². The van der Waals surface area contributed by atoms with Gasteiger partial charge in [0.1, 0.15) is 5.54 Å². The molecule has 0 aliphatic heterocycles. The van der Waals surface area contributed by atoms with Gasteiger partial charge in [0.2, 0.25) is 0 Å². The molecule has 1 heterocycles. The van der Waals surface area contributed by atoms with Crippen molar-refractivity contribution in [3.05, 3.63) is 18.5 Å². The Morgan fingerprint density at radius 2 is 2.55 bits per heavy atom. The summed E-state index contributed by atoms with van der Waals surface area (Å²) in [6, 6.07) is 3.80. The quantitative estimate of drug-likeness (QED) is 0.651. The zero-order chi connectivity index (χ0) is 8.32. The van der Waals surface area contributed by atoms with Crippen LogP contribution in [0.4, 0.5) is 0 Å². The molecule has 1 rings (SSSR count). The van der Waals surface area contributed by atoms with Crippen LogP contribution in [0.5, 0.6) is 0 Å². The van der Waals surface area contributed by atoms with E-state index in [1.165, 1.54) is 0 Å². The molecule has 4 nitrogen and oxygen atoms in total. The molecule has 0 aliphatic carbocycles. The molecule has 58 valence electrons. The first-order valence-electron chi connectivity index (χ1n) is 3.32. The van der Waals surface area contributed by atoms with E-state index in [1.54, 1.807) is 30.1 Å². The summed E-state index contributed by atoms with van der Waals surface area (Å²) < 4.78 is 1.64. The van der Waals surface area contributed by atoms with Crippen molar-refractivity contribution in [1.82, 2.24) is 9.78 Å². The molecule has 0 radical (unpaired) electrons. The van der Waals surface area contributed by atoms with E-state index >= 15 is 0 Å². The highest BCUT2D eigenvalue weighted by Gasteiger charge is 2.17. The zero-order valence-electron chi connectivity index (χ0n) is 6.36. The second-order valence-electron chi connectivity index (χ2n) is 2.73. The van der Waals surface area contributed by atoms with Gasteiger partial charge in [-0.1, -0.05) is 0 Å². The van der Waals surface area contributed by atoms with Gasteiger partial charge in [0.05, 0.1) is 12.6 Å². The molecule has 11 heavy (non-hydrogen) atoms. The molecule has 2 N–H and O–H groups in total. The van der Waals surface area contributed by atoms with Crippen LogP contribution in [-0.2, 0) is 6.54 Å². The molecule has 0 amide bonds. The number of nitrogens with zero attached hydrogens (tertiary/aromatic N) is 3. The molecule has 0 aliphatic rings. The second-order valence-corrected chi connectivity index (χ2v) is 2.73. The van der Waals surface area contributed by atoms with Crippen LogP contribution in [0.3, 0.4) is 0 Å². The Hall–Kier alpha value is -1.34. The lowest BCUT2D eigenvalue weighted by Gasteiger charge is -2.14. The van der Waals surface area contributed by atoms with E-state index in [2.05, 4.69) is 5.10 Å². The van der Waals surface area contributed by atoms with Crippen molar-refractivity contribution < 1.29 is 0 Å². The van der Waals surface area contributed by atoms with Crippen LogP contribution < -0.4 is 5.73 Å². The Labute approximate surface area is 65.2 Å². The van der Waals surface area contributed by atoms with Gasteiger partial charge in [-0.15, -0.1) is 0 Å². The Kier molecular flexibility index (Phi) is 1.92. The molecule has 0 fully saturated rings. The Morgan fingerprint density at radius 3 is 3.00 bits per heavy atom. The molecule has 1 aromatic heterocycles. The van der Waals surface area contributed by atoms with Gasteiger partial charge in [-0.05, 0) is 13.0 Å². The lowest BCUT2D eigenvalue weighted by atomic mass is 10.1. The largest absolute Gasteiger partial charge is 0.312 e. The van der Waals surface area contributed by atoms with E-state index in [0.717, 1.165) is 0 Å². The van der Waals surface area contributed by atoms with Crippen LogP contribution in [0, 0.1) is 11.3 Å². The highest BCUT2D eigenvalue weighted by Crippen LogP contribution is 1.99. The van der Waals surface area contributed by atoms with Crippen LogP contribution in [0.15, 0.2) is 18.5 Å². The van der Waals surface area contributed by atoms with Gasteiger partial charge in [-0.2, -0.15) is 10.4 Å². The summed E-state index contributed by atoms with van der Waals surface area (Å²) in [7, 11) is 0. The van der Waals surface area contributed by atoms with Crippen LogP contribution in [0.25, 0.3) is 0 Å². The molecule has 0 saturated heterocycles. The summed E-state index contributed by atoms with van der Waals surface area (Å²) >= 11 is 0. The summed E-state index contributed by atoms with van der Waals surface area (Å²) in [5.41, 5.74) is 4.76. The van der Waals surface area contributed by atoms with Crippen molar-refractivity contribution in [3.8, 4) is 6.07 Å². The maximum Gasteiger partial charge on any atom is 0.121 e. The Balaban J connectivity index is 2.65. The van der Waals surface area contributed by atoms with Crippen LogP contribution in [0.2, 0.25) is 0 Å². The fourth-order valence-electron chi connectivity index (χ4n) is 0.766. The van der Waals surface area contributed by atoms with Gasteiger partial charge in [-0.3, -0.25) is 4.68 Å². The number of nitrogens with two attached hydrogens (primary N) is 1. The number of aromatic nitrogens is 2. The summed E-state index contributed by atoms with van der Waals surface area (Å²) in [6.45, 7) is 2.10. The van der Waals surface area contributed by atoms with Gasteiger partial charge in [0.25, 0.3) is 0 Å². The maximum absolute atomic E-state index is 8.58. The van der Waals surface area contributed by atoms with Gasteiger partial charge < -0.3 is 5.73 Å². The minimum atomic E-state index is -0.827. The average Bonchev–Trinajstić information content (AvgIpc) is 2.39. The molecule has 4 heteroatoms. The lowest BCUT2D eigenvalue weighted by molar-refractivity contribution is 0.459. The average molecular weight is 150 g/mol. The minimum Gasteiger partial charge on any atom is -0.312 e. The van der Waals surface area contributed by atoms with Crippen molar-refractivity contribution in [1.29, 1.82) is 5.26 Å². The van der Waals surface area contributed by atoms with Gasteiger partial charge in [-0.25, -0.2) is 0 Å². The topological polar surface area (TPSA) is 67.6 Å². The zero-order valence-corrected chi connectivity index (χ0v) is 6.36. The third kappa shape index (κ3) is 2.06. The van der Waals surface area contributed by atoms with Gasteiger partial charge in [0.15, 0.2) is 0 Å². The van der Waals surface area contributed by atoms with Crippen molar-refractivity contribution in [3.63, 3.8) is 0 Å². The number of nitriles is 1. The highest BCUT2D eigenvalue weighted by atomic mass is 15.3. The van der Waals surface area contributed by atoms with Crippen molar-refractivity contribution in [2.24, 2.45) is 5.73 Å². The first kappa shape index (κ1) is 7.76. The molecule has 1 aromatic rings. The lowest BCUT2D eigenvalue weighted by Crippen LogP contribution is -2.39. The molecule has 0 spiro atoms. The third-order valence-electron chi connectivity index (χ3n) is 1.31. The maximum atomic E-state index is 8.58. The molecule has 0 bridgehead atoms. The monoisotopic (exact) mass is 150 g/mol. The molecule has 1 unspecified atom stereocenters. The number of hydrogen-bond donors (Lipinski definition) is 1. The molecule has 0 saturated carbocycles.